The lowest BCUT2D eigenvalue weighted by molar-refractivity contribution is -0.635. The largest absolute Gasteiger partial charge is 0.460 e. The first-order valence-corrected chi connectivity index (χ1v) is 11.4. The van der Waals surface area contributed by atoms with E-state index in [1.807, 2.05) is 65.8 Å². The maximum atomic E-state index is 13.7. The van der Waals surface area contributed by atoms with Gasteiger partial charge in [-0.2, -0.15) is 26.3 Å². The van der Waals surface area contributed by atoms with Crippen LogP contribution in [0.2, 0.25) is 0 Å². The molecule has 0 atom stereocenters. The van der Waals surface area contributed by atoms with Gasteiger partial charge in [-0.25, -0.2) is 14.5 Å². The first-order valence-electron chi connectivity index (χ1n) is 11.4. The molecule has 0 aliphatic rings. The highest BCUT2D eigenvalue weighted by Crippen LogP contribution is 2.40. The van der Waals surface area contributed by atoms with Crippen LogP contribution >= 0.6 is 0 Å². The zero-order valence-corrected chi connectivity index (χ0v) is 21.4. The Morgan fingerprint density at radius 3 is 1.68 bits per heavy atom. The third-order valence-corrected chi connectivity index (χ3v) is 6.47. The first kappa shape index (κ1) is 26.5. The van der Waals surface area contributed by atoms with Crippen molar-refractivity contribution in [2.75, 3.05) is 0 Å². The fourth-order valence-corrected chi connectivity index (χ4v) is 4.86. The summed E-state index contributed by atoms with van der Waals surface area (Å²) in [6.07, 6.45) is -10.7. The van der Waals surface area contributed by atoms with Crippen LogP contribution in [0, 0.1) is 41.5 Å². The zero-order chi connectivity index (χ0) is 27.6. The lowest BCUT2D eigenvalue weighted by Crippen LogP contribution is -2.36. The van der Waals surface area contributed by atoms with Crippen LogP contribution in [0.5, 0.6) is 0 Å². The van der Waals surface area contributed by atoms with Crippen molar-refractivity contribution in [3.63, 3.8) is 0 Å². The number of aryl methyl sites for hydroxylation is 6. The van der Waals surface area contributed by atoms with E-state index in [0.29, 0.717) is 22.5 Å². The van der Waals surface area contributed by atoms with Gasteiger partial charge in [-0.3, -0.25) is 0 Å². The van der Waals surface area contributed by atoms with Gasteiger partial charge in [0.25, 0.3) is 5.69 Å². The summed E-state index contributed by atoms with van der Waals surface area (Å²) in [5.74, 6) is 0. The van der Waals surface area contributed by atoms with E-state index >= 15 is 0 Å². The Hall–Kier alpha value is -3.56. The Labute approximate surface area is 210 Å². The van der Waals surface area contributed by atoms with Gasteiger partial charge in [0.1, 0.15) is 5.69 Å². The summed E-state index contributed by atoms with van der Waals surface area (Å²) in [6.45, 7) is 11.3. The molecule has 0 N–H and O–H groups in total. The highest BCUT2D eigenvalue weighted by atomic mass is 19.4. The summed E-state index contributed by atoms with van der Waals surface area (Å²) >= 11 is 0. The van der Waals surface area contributed by atoms with Gasteiger partial charge in [0.05, 0.1) is 7.05 Å². The van der Waals surface area contributed by atoms with Crippen molar-refractivity contribution in [3.05, 3.63) is 69.0 Å². The molecule has 0 bridgehead atoms. The molecule has 0 saturated carbocycles. The van der Waals surface area contributed by atoms with Crippen molar-refractivity contribution in [3.8, 4) is 22.5 Å². The van der Waals surface area contributed by atoms with Crippen molar-refractivity contribution in [2.45, 2.75) is 53.9 Å². The predicted octanol–water partition coefficient (Wildman–Crippen LogP) is 7.07. The van der Waals surface area contributed by atoms with Crippen LogP contribution in [0.4, 0.5) is 26.3 Å². The van der Waals surface area contributed by atoms with Crippen molar-refractivity contribution in [2.24, 2.45) is 7.05 Å². The van der Waals surface area contributed by atoms with E-state index in [4.69, 9.17) is 0 Å². The summed E-state index contributed by atoms with van der Waals surface area (Å²) in [6, 6.07) is 7.71. The molecule has 4 aromatic rings. The van der Waals surface area contributed by atoms with Gasteiger partial charge in [-0.05, 0) is 74.8 Å². The first-order chi connectivity index (χ1) is 17.0. The van der Waals surface area contributed by atoms with Gasteiger partial charge in [-0.15, -0.1) is 0 Å². The topological polar surface area (TPSA) is 42.6 Å². The number of aromatic nitrogens is 4. The van der Waals surface area contributed by atoms with Crippen LogP contribution in [0.15, 0.2) is 24.3 Å². The molecule has 0 spiro atoms. The smallest absolute Gasteiger partial charge is 0.221 e. The molecule has 0 unspecified atom stereocenters. The molecule has 4 nitrogen and oxygen atoms in total. The number of benzene rings is 2. The number of alkyl halides is 6. The SMILES string of the molecule is Cc1cc(C)c(-c2nc3nc(C(F)(F)F)c(C(F)(F)F)nc3[n+](C)c2-c2cc(C)cc(C)c2C)c(C)c1. The summed E-state index contributed by atoms with van der Waals surface area (Å²) in [5, 5.41) is 0. The molecular formula is C27H25F6N4+. The maximum Gasteiger partial charge on any atom is 0.460 e. The van der Waals surface area contributed by atoms with Crippen LogP contribution in [0.25, 0.3) is 33.8 Å². The Morgan fingerprint density at radius 2 is 1.14 bits per heavy atom. The van der Waals surface area contributed by atoms with E-state index in [9.17, 15) is 26.3 Å². The molecule has 0 fully saturated rings. The van der Waals surface area contributed by atoms with E-state index in [2.05, 4.69) is 15.0 Å². The molecule has 4 rings (SSSR count). The minimum atomic E-state index is -5.37. The van der Waals surface area contributed by atoms with Crippen LogP contribution in [-0.4, -0.2) is 15.0 Å². The molecule has 0 aliphatic heterocycles. The van der Waals surface area contributed by atoms with Crippen LogP contribution in [-0.2, 0) is 19.4 Å². The van der Waals surface area contributed by atoms with Crippen molar-refractivity contribution < 1.29 is 30.9 Å². The summed E-state index contributed by atoms with van der Waals surface area (Å²) in [7, 11) is 1.47. The lowest BCUT2D eigenvalue weighted by atomic mass is 9.91. The van der Waals surface area contributed by atoms with E-state index in [1.54, 1.807) is 0 Å². The number of hydrogen-bond acceptors (Lipinski definition) is 3. The summed E-state index contributed by atoms with van der Waals surface area (Å²) < 4.78 is 83.4. The molecule has 0 aliphatic carbocycles. The second kappa shape index (κ2) is 8.78. The van der Waals surface area contributed by atoms with Crippen LogP contribution in [0.1, 0.15) is 44.8 Å². The summed E-state index contributed by atoms with van der Waals surface area (Å²) in [4.78, 5) is 11.3. The van der Waals surface area contributed by atoms with Gasteiger partial charge in [-0.1, -0.05) is 29.3 Å². The van der Waals surface area contributed by atoms with E-state index in [-0.39, 0.29) is 0 Å². The highest BCUT2D eigenvalue weighted by molar-refractivity contribution is 5.84. The van der Waals surface area contributed by atoms with Crippen LogP contribution < -0.4 is 4.57 Å². The van der Waals surface area contributed by atoms with Gasteiger partial charge in [0.15, 0.2) is 5.69 Å². The monoisotopic (exact) mass is 519 g/mol. The van der Waals surface area contributed by atoms with Crippen molar-refractivity contribution in [1.82, 2.24) is 15.0 Å². The number of nitrogens with zero attached hydrogens (tertiary/aromatic N) is 4. The highest BCUT2D eigenvalue weighted by Gasteiger charge is 2.51. The Kier molecular flexibility index (Phi) is 6.29. The second-order valence-electron chi connectivity index (χ2n) is 9.46. The normalized spacial score (nSPS) is 12.5. The van der Waals surface area contributed by atoms with E-state index in [1.165, 1.54) is 11.6 Å². The Balaban J connectivity index is 2.26. The van der Waals surface area contributed by atoms with Gasteiger partial charge in [0, 0.05) is 11.1 Å². The van der Waals surface area contributed by atoms with Crippen molar-refractivity contribution >= 4 is 11.3 Å². The number of rotatable bonds is 2. The van der Waals surface area contributed by atoms with Gasteiger partial charge >= 0.3 is 18.0 Å². The molecule has 2 aromatic heterocycles. The van der Waals surface area contributed by atoms with E-state index in [0.717, 1.165) is 33.4 Å². The molecule has 0 saturated heterocycles. The molecule has 2 aromatic carbocycles. The fraction of sp³-hybridized carbons (Fsp3) is 0.333. The summed E-state index contributed by atoms with van der Waals surface area (Å²) in [5.41, 5.74) is 2.35. The Bertz CT molecular complexity index is 1550. The zero-order valence-electron chi connectivity index (χ0n) is 21.4. The average Bonchev–Trinajstić information content (AvgIpc) is 2.74. The second-order valence-corrected chi connectivity index (χ2v) is 9.46. The quantitative estimate of drug-likeness (QED) is 0.210. The predicted molar refractivity (Wildman–Crippen MR) is 128 cm³/mol. The molecule has 194 valence electrons. The molecule has 0 radical (unpaired) electrons. The van der Waals surface area contributed by atoms with Crippen LogP contribution in [0.3, 0.4) is 0 Å². The third kappa shape index (κ3) is 4.65. The minimum absolute atomic E-state index is 0.320. The Morgan fingerprint density at radius 1 is 0.649 bits per heavy atom. The molecule has 37 heavy (non-hydrogen) atoms. The average molecular weight is 520 g/mol. The van der Waals surface area contributed by atoms with E-state index < -0.39 is 35.0 Å². The van der Waals surface area contributed by atoms with Crippen molar-refractivity contribution in [1.29, 1.82) is 0 Å². The number of hydrogen-bond donors (Lipinski definition) is 0. The van der Waals surface area contributed by atoms with Gasteiger partial charge < -0.3 is 0 Å². The standard InChI is InChI=1S/C27H25F6N4/c1-12-9-15(4)19(16(5)10-12)20-21(18-11-13(2)8-14(3)17(18)6)37(7)25-24(34-20)35-22(26(28,29)30)23(36-25)27(31,32)33/h8-11H,1-7H3/q+1. The maximum absolute atomic E-state index is 13.7. The number of fused-ring (bicyclic) bond motifs is 1. The third-order valence-electron chi connectivity index (χ3n) is 6.47. The molecular weight excluding hydrogens is 494 g/mol. The lowest BCUT2D eigenvalue weighted by Gasteiger charge is -2.18. The number of halogens is 6. The fourth-order valence-electron chi connectivity index (χ4n) is 4.86. The molecule has 10 heteroatoms. The molecule has 2 heterocycles. The van der Waals surface area contributed by atoms with Gasteiger partial charge in [0.2, 0.25) is 11.3 Å². The minimum Gasteiger partial charge on any atom is -0.221 e. The molecule has 0 amide bonds.